The summed E-state index contributed by atoms with van der Waals surface area (Å²) in [6.45, 7) is 1.87. The minimum atomic E-state index is -3.91. The summed E-state index contributed by atoms with van der Waals surface area (Å²) in [5, 5.41) is 8.97. The maximum atomic E-state index is 12.7. The van der Waals surface area contributed by atoms with E-state index in [0.29, 0.717) is 5.75 Å². The van der Waals surface area contributed by atoms with Crippen molar-refractivity contribution in [3.63, 3.8) is 0 Å². The average molecular weight is 379 g/mol. The Morgan fingerprint density at radius 3 is 2.59 bits per heavy atom. The lowest BCUT2D eigenvalue weighted by molar-refractivity contribution is 0.227. The standard InChI is InChI=1S/C20H17N3O3S/c1-15(17-8-3-2-4-9-17)26-19-11-6-12-22-20(19)23-27(24,25)18-10-5-7-16(13-18)14-21/h2-13,15H,1H3,(H,22,23)/t15-/m1/s1. The number of rotatable bonds is 6. The van der Waals surface area contributed by atoms with Crippen LogP contribution in [0.25, 0.3) is 0 Å². The van der Waals surface area contributed by atoms with Crippen LogP contribution in [-0.4, -0.2) is 13.4 Å². The first-order chi connectivity index (χ1) is 13.0. The van der Waals surface area contributed by atoms with Crippen molar-refractivity contribution in [1.29, 1.82) is 5.26 Å². The van der Waals surface area contributed by atoms with E-state index in [2.05, 4.69) is 9.71 Å². The molecule has 0 amide bonds. The van der Waals surface area contributed by atoms with E-state index in [-0.39, 0.29) is 22.4 Å². The normalized spacial score (nSPS) is 12.0. The van der Waals surface area contributed by atoms with Crippen molar-refractivity contribution in [3.05, 3.63) is 84.1 Å². The van der Waals surface area contributed by atoms with E-state index in [0.717, 1.165) is 5.56 Å². The number of nitrogens with zero attached hydrogens (tertiary/aromatic N) is 2. The van der Waals surface area contributed by atoms with Crippen LogP contribution in [0.1, 0.15) is 24.2 Å². The van der Waals surface area contributed by atoms with Gasteiger partial charge in [-0.15, -0.1) is 0 Å². The summed E-state index contributed by atoms with van der Waals surface area (Å²) in [5.41, 5.74) is 1.21. The topological polar surface area (TPSA) is 92.1 Å². The molecule has 0 aliphatic heterocycles. The van der Waals surface area contributed by atoms with E-state index < -0.39 is 10.0 Å². The summed E-state index contributed by atoms with van der Waals surface area (Å²) in [5.74, 6) is 0.400. The first-order valence-electron chi connectivity index (χ1n) is 8.19. The SMILES string of the molecule is C[C@@H](Oc1cccnc1NS(=O)(=O)c1cccc(C#N)c1)c1ccccc1. The Hall–Kier alpha value is -3.37. The zero-order valence-electron chi connectivity index (χ0n) is 14.5. The van der Waals surface area contributed by atoms with Gasteiger partial charge in [-0.2, -0.15) is 5.26 Å². The maximum Gasteiger partial charge on any atom is 0.263 e. The Labute approximate surface area is 158 Å². The molecule has 136 valence electrons. The molecule has 7 heteroatoms. The van der Waals surface area contributed by atoms with Crippen molar-refractivity contribution < 1.29 is 13.2 Å². The molecule has 0 radical (unpaired) electrons. The zero-order chi connectivity index (χ0) is 19.3. The maximum absolute atomic E-state index is 12.7. The summed E-state index contributed by atoms with van der Waals surface area (Å²) in [6, 6.07) is 20.6. The molecule has 1 aromatic heterocycles. The van der Waals surface area contributed by atoms with Gasteiger partial charge in [-0.25, -0.2) is 13.4 Å². The highest BCUT2D eigenvalue weighted by molar-refractivity contribution is 7.92. The van der Waals surface area contributed by atoms with Gasteiger partial charge in [-0.1, -0.05) is 36.4 Å². The van der Waals surface area contributed by atoms with Crippen molar-refractivity contribution in [2.24, 2.45) is 0 Å². The minimum absolute atomic E-state index is 0.0192. The van der Waals surface area contributed by atoms with Gasteiger partial charge in [-0.3, -0.25) is 4.72 Å². The Morgan fingerprint density at radius 2 is 1.85 bits per heavy atom. The molecule has 3 rings (SSSR count). The fourth-order valence-corrected chi connectivity index (χ4v) is 3.53. The smallest absolute Gasteiger partial charge is 0.263 e. The predicted octanol–water partition coefficient (Wildman–Crippen LogP) is 3.89. The largest absolute Gasteiger partial charge is 0.482 e. The highest BCUT2D eigenvalue weighted by atomic mass is 32.2. The Morgan fingerprint density at radius 1 is 1.07 bits per heavy atom. The molecule has 0 aliphatic carbocycles. The van der Waals surface area contributed by atoms with Gasteiger partial charge in [0.2, 0.25) is 0 Å². The van der Waals surface area contributed by atoms with E-state index in [1.165, 1.54) is 30.5 Å². The fraction of sp³-hybridized carbons (Fsp3) is 0.100. The van der Waals surface area contributed by atoms with Crippen molar-refractivity contribution in [2.75, 3.05) is 4.72 Å². The molecule has 6 nitrogen and oxygen atoms in total. The summed E-state index contributed by atoms with van der Waals surface area (Å²) < 4.78 is 33.7. The van der Waals surface area contributed by atoms with E-state index in [1.807, 2.05) is 43.3 Å². The molecule has 0 unspecified atom stereocenters. The molecule has 0 saturated heterocycles. The highest BCUT2D eigenvalue weighted by Crippen LogP contribution is 2.29. The second-order valence-electron chi connectivity index (χ2n) is 5.77. The van der Waals surface area contributed by atoms with Crippen LogP contribution in [0.2, 0.25) is 0 Å². The van der Waals surface area contributed by atoms with Gasteiger partial charge in [0, 0.05) is 6.20 Å². The molecule has 3 aromatic rings. The molecule has 0 aliphatic rings. The Bertz CT molecular complexity index is 1080. The number of nitriles is 1. The molecule has 0 saturated carbocycles. The average Bonchev–Trinajstić information content (AvgIpc) is 2.70. The number of aromatic nitrogens is 1. The monoisotopic (exact) mass is 379 g/mol. The number of hydrogen-bond donors (Lipinski definition) is 1. The second kappa shape index (κ2) is 7.89. The van der Waals surface area contributed by atoms with Crippen LogP contribution in [0.5, 0.6) is 5.75 Å². The molecule has 0 fully saturated rings. The summed E-state index contributed by atoms with van der Waals surface area (Å²) in [4.78, 5) is 4.08. The third kappa shape index (κ3) is 4.43. The molecular weight excluding hydrogens is 362 g/mol. The predicted molar refractivity (Wildman–Crippen MR) is 102 cm³/mol. The van der Waals surface area contributed by atoms with Crippen molar-refractivity contribution in [3.8, 4) is 11.8 Å². The van der Waals surface area contributed by atoms with Crippen LogP contribution in [0, 0.1) is 11.3 Å². The van der Waals surface area contributed by atoms with Crippen molar-refractivity contribution in [2.45, 2.75) is 17.9 Å². The number of benzene rings is 2. The highest BCUT2D eigenvalue weighted by Gasteiger charge is 2.19. The van der Waals surface area contributed by atoms with Crippen LogP contribution in [0.3, 0.4) is 0 Å². The number of pyridine rings is 1. The van der Waals surface area contributed by atoms with E-state index >= 15 is 0 Å². The number of nitrogens with one attached hydrogen (secondary N) is 1. The number of ether oxygens (including phenoxy) is 1. The van der Waals surface area contributed by atoms with Gasteiger partial charge in [0.1, 0.15) is 6.10 Å². The molecule has 1 N–H and O–H groups in total. The first-order valence-corrected chi connectivity index (χ1v) is 9.67. The van der Waals surface area contributed by atoms with Crippen LogP contribution < -0.4 is 9.46 Å². The van der Waals surface area contributed by atoms with E-state index in [9.17, 15) is 8.42 Å². The summed E-state index contributed by atoms with van der Waals surface area (Å²) in [7, 11) is -3.91. The third-order valence-corrected chi connectivity index (χ3v) is 5.18. The van der Waals surface area contributed by atoms with Gasteiger partial charge in [0.25, 0.3) is 10.0 Å². The number of sulfonamides is 1. The van der Waals surface area contributed by atoms with Crippen LogP contribution in [0.15, 0.2) is 77.8 Å². The Kier molecular flexibility index (Phi) is 5.38. The quantitative estimate of drug-likeness (QED) is 0.701. The molecule has 27 heavy (non-hydrogen) atoms. The molecule has 2 aromatic carbocycles. The van der Waals surface area contributed by atoms with Crippen molar-refractivity contribution in [1.82, 2.24) is 4.98 Å². The van der Waals surface area contributed by atoms with Crippen LogP contribution in [0.4, 0.5) is 5.82 Å². The number of anilines is 1. The van der Waals surface area contributed by atoms with Gasteiger partial charge in [-0.05, 0) is 42.8 Å². The minimum Gasteiger partial charge on any atom is -0.482 e. The molecule has 1 atom stereocenters. The molecular formula is C20H17N3O3S. The van der Waals surface area contributed by atoms with E-state index in [4.69, 9.17) is 10.00 Å². The second-order valence-corrected chi connectivity index (χ2v) is 7.45. The first kappa shape index (κ1) is 18.4. The van der Waals surface area contributed by atoms with Gasteiger partial charge in [0.05, 0.1) is 16.5 Å². The van der Waals surface area contributed by atoms with Gasteiger partial charge in [0.15, 0.2) is 11.6 Å². The number of hydrogen-bond acceptors (Lipinski definition) is 5. The lowest BCUT2D eigenvalue weighted by atomic mass is 10.1. The zero-order valence-corrected chi connectivity index (χ0v) is 15.3. The van der Waals surface area contributed by atoms with E-state index in [1.54, 1.807) is 12.1 Å². The lowest BCUT2D eigenvalue weighted by Gasteiger charge is -2.17. The van der Waals surface area contributed by atoms with Crippen LogP contribution >= 0.6 is 0 Å². The fourth-order valence-electron chi connectivity index (χ4n) is 2.46. The molecule has 0 bridgehead atoms. The van der Waals surface area contributed by atoms with Crippen molar-refractivity contribution >= 4 is 15.8 Å². The molecule has 1 heterocycles. The van der Waals surface area contributed by atoms with Gasteiger partial charge >= 0.3 is 0 Å². The Balaban J connectivity index is 1.86. The summed E-state index contributed by atoms with van der Waals surface area (Å²) >= 11 is 0. The lowest BCUT2D eigenvalue weighted by Crippen LogP contribution is -2.15. The van der Waals surface area contributed by atoms with Gasteiger partial charge < -0.3 is 4.74 Å². The molecule has 0 spiro atoms. The third-order valence-electron chi connectivity index (χ3n) is 3.85. The van der Waals surface area contributed by atoms with Crippen LogP contribution in [-0.2, 0) is 10.0 Å². The summed E-state index contributed by atoms with van der Waals surface area (Å²) in [6.07, 6.45) is 1.18.